The van der Waals surface area contributed by atoms with Crippen LogP contribution in [0, 0.1) is 0 Å². The van der Waals surface area contributed by atoms with E-state index in [4.69, 9.17) is 4.98 Å². The summed E-state index contributed by atoms with van der Waals surface area (Å²) in [5.41, 5.74) is 6.19. The summed E-state index contributed by atoms with van der Waals surface area (Å²) in [6.07, 6.45) is 5.66. The van der Waals surface area contributed by atoms with E-state index in [0.717, 1.165) is 64.6 Å². The molecule has 0 bridgehead atoms. The number of aromatic amines is 1. The smallest absolute Gasteiger partial charge is 0.159 e. The highest BCUT2D eigenvalue weighted by molar-refractivity contribution is 9.10. The van der Waals surface area contributed by atoms with Crippen LogP contribution in [0.5, 0.6) is 0 Å². The first-order chi connectivity index (χ1) is 15.6. The van der Waals surface area contributed by atoms with Crippen molar-refractivity contribution in [2.24, 2.45) is 0 Å². The van der Waals surface area contributed by atoms with Gasteiger partial charge in [-0.3, -0.25) is 9.88 Å². The highest BCUT2D eigenvalue weighted by Crippen LogP contribution is 2.35. The predicted molar refractivity (Wildman–Crippen MR) is 133 cm³/mol. The summed E-state index contributed by atoms with van der Waals surface area (Å²) in [7, 11) is 1.92. The third-order valence-electron chi connectivity index (χ3n) is 6.23. The molecule has 1 aliphatic rings. The second-order valence-corrected chi connectivity index (χ2v) is 8.90. The summed E-state index contributed by atoms with van der Waals surface area (Å²) in [5, 5.41) is 3.15. The monoisotopic (exact) mass is 491 g/mol. The number of pyridine rings is 2. The Balaban J connectivity index is 1.39. The number of nitrogens with zero attached hydrogens (tertiary/aromatic N) is 5. The molecule has 2 N–H and O–H groups in total. The van der Waals surface area contributed by atoms with Crippen LogP contribution in [0.25, 0.3) is 22.6 Å². The van der Waals surface area contributed by atoms with Gasteiger partial charge in [0.25, 0.3) is 0 Å². The first-order valence-electron chi connectivity index (χ1n) is 10.9. The zero-order valence-corrected chi connectivity index (χ0v) is 19.8. The molecule has 1 saturated heterocycles. The van der Waals surface area contributed by atoms with Gasteiger partial charge in [0.1, 0.15) is 11.3 Å². The first-order valence-corrected chi connectivity index (χ1v) is 11.6. The fourth-order valence-corrected chi connectivity index (χ4v) is 4.86. The Morgan fingerprint density at radius 2 is 1.84 bits per heavy atom. The van der Waals surface area contributed by atoms with Gasteiger partial charge >= 0.3 is 0 Å². The van der Waals surface area contributed by atoms with Crippen LogP contribution in [0.15, 0.2) is 59.5 Å². The second kappa shape index (κ2) is 8.88. The average Bonchev–Trinajstić information content (AvgIpc) is 3.28. The molecule has 0 amide bonds. The van der Waals surface area contributed by atoms with Gasteiger partial charge in [-0.2, -0.15) is 0 Å². The van der Waals surface area contributed by atoms with Gasteiger partial charge in [-0.15, -0.1) is 0 Å². The molecule has 3 aromatic heterocycles. The van der Waals surface area contributed by atoms with Crippen LogP contribution in [0.4, 0.5) is 11.4 Å². The third kappa shape index (κ3) is 3.96. The molecule has 0 saturated carbocycles. The maximum atomic E-state index is 4.94. The number of fused-ring (bicyclic) bond motifs is 1. The molecule has 0 radical (unpaired) electrons. The van der Waals surface area contributed by atoms with E-state index >= 15 is 0 Å². The molecule has 1 fully saturated rings. The number of hydrogen-bond donors (Lipinski definition) is 2. The number of imidazole rings is 1. The third-order valence-corrected chi connectivity index (χ3v) is 6.81. The molecule has 8 heteroatoms. The van der Waals surface area contributed by atoms with Crippen molar-refractivity contribution in [3.63, 3.8) is 0 Å². The molecule has 1 atom stereocenters. The largest absolute Gasteiger partial charge is 0.388 e. The van der Waals surface area contributed by atoms with E-state index in [0.29, 0.717) is 6.04 Å². The second-order valence-electron chi connectivity index (χ2n) is 8.05. The van der Waals surface area contributed by atoms with Gasteiger partial charge in [0, 0.05) is 69.1 Å². The summed E-state index contributed by atoms with van der Waals surface area (Å²) < 4.78 is 0.974. The lowest BCUT2D eigenvalue weighted by atomic mass is 10.1. The number of aromatic nitrogens is 4. The minimum Gasteiger partial charge on any atom is -0.388 e. The van der Waals surface area contributed by atoms with Crippen LogP contribution in [0.2, 0.25) is 0 Å². The minimum atomic E-state index is 0.351. The molecule has 4 aromatic rings. The van der Waals surface area contributed by atoms with Gasteiger partial charge in [0.05, 0.1) is 10.2 Å². The van der Waals surface area contributed by atoms with Gasteiger partial charge in [-0.25, -0.2) is 9.97 Å². The summed E-state index contributed by atoms with van der Waals surface area (Å²) >= 11 is 3.73. The summed E-state index contributed by atoms with van der Waals surface area (Å²) in [6.45, 7) is 6.08. The molecule has 7 nitrogen and oxygen atoms in total. The number of nitrogens with one attached hydrogen (secondary N) is 2. The molecule has 164 valence electrons. The van der Waals surface area contributed by atoms with Gasteiger partial charge in [0.2, 0.25) is 0 Å². The van der Waals surface area contributed by atoms with Crippen molar-refractivity contribution in [2.75, 3.05) is 43.4 Å². The number of hydrogen-bond acceptors (Lipinski definition) is 6. The molecule has 0 aliphatic carbocycles. The van der Waals surface area contributed by atoms with Crippen LogP contribution in [0.3, 0.4) is 0 Å². The zero-order chi connectivity index (χ0) is 22.1. The van der Waals surface area contributed by atoms with Crippen LogP contribution < -0.4 is 10.2 Å². The Kier molecular flexibility index (Phi) is 5.80. The van der Waals surface area contributed by atoms with E-state index in [-0.39, 0.29) is 0 Å². The van der Waals surface area contributed by atoms with Gasteiger partial charge in [-0.1, -0.05) is 6.07 Å². The maximum absolute atomic E-state index is 4.94. The van der Waals surface area contributed by atoms with E-state index in [2.05, 4.69) is 83.3 Å². The Hall–Kier alpha value is -2.97. The van der Waals surface area contributed by atoms with Crippen LogP contribution in [0.1, 0.15) is 18.5 Å². The summed E-state index contributed by atoms with van der Waals surface area (Å²) in [5.74, 6) is 0.832. The van der Waals surface area contributed by atoms with Crippen molar-refractivity contribution in [1.29, 1.82) is 0 Å². The number of piperazine rings is 1. The van der Waals surface area contributed by atoms with Gasteiger partial charge < -0.3 is 15.2 Å². The molecule has 1 aliphatic heterocycles. The molecule has 0 spiro atoms. The van der Waals surface area contributed by atoms with Crippen molar-refractivity contribution in [3.05, 3.63) is 65.0 Å². The lowest BCUT2D eigenvalue weighted by molar-refractivity contribution is 0.198. The molecule has 1 aromatic carbocycles. The first kappa shape index (κ1) is 20.9. The molecular formula is C24H26BrN7. The number of H-pyrrole nitrogens is 1. The van der Waals surface area contributed by atoms with E-state index < -0.39 is 0 Å². The summed E-state index contributed by atoms with van der Waals surface area (Å²) in [4.78, 5) is 22.1. The van der Waals surface area contributed by atoms with Crippen molar-refractivity contribution in [1.82, 2.24) is 24.8 Å². The fraction of sp³-hybridized carbons (Fsp3) is 0.292. The number of rotatable bonds is 5. The standard InChI is InChI=1S/C24H26BrN7/c1-16(18-4-3-9-27-14-18)31-10-12-32(13-11-31)22-20(25)15-28-24-21(22)29-23(30-24)17-5-7-19(26-2)8-6-17/h3-9,14-16,26H,10-13H2,1-2H3,(H,28,29,30). The zero-order valence-electron chi connectivity index (χ0n) is 18.2. The molecule has 1 unspecified atom stereocenters. The lowest BCUT2D eigenvalue weighted by Gasteiger charge is -2.39. The van der Waals surface area contributed by atoms with E-state index in [9.17, 15) is 0 Å². The van der Waals surface area contributed by atoms with E-state index in [1.165, 1.54) is 5.56 Å². The molecule has 4 heterocycles. The number of halogens is 1. The van der Waals surface area contributed by atoms with Gasteiger partial charge in [-0.05, 0) is 58.7 Å². The number of benzene rings is 1. The van der Waals surface area contributed by atoms with Crippen LogP contribution in [-0.4, -0.2) is 58.1 Å². The van der Waals surface area contributed by atoms with Crippen LogP contribution >= 0.6 is 15.9 Å². The molecular weight excluding hydrogens is 466 g/mol. The van der Waals surface area contributed by atoms with E-state index in [1.807, 2.05) is 31.7 Å². The highest BCUT2D eigenvalue weighted by atomic mass is 79.9. The Bertz CT molecular complexity index is 1200. The lowest BCUT2D eigenvalue weighted by Crippen LogP contribution is -2.47. The van der Waals surface area contributed by atoms with Crippen LogP contribution in [-0.2, 0) is 0 Å². The Labute approximate surface area is 196 Å². The highest BCUT2D eigenvalue weighted by Gasteiger charge is 2.26. The average molecular weight is 492 g/mol. The summed E-state index contributed by atoms with van der Waals surface area (Å²) in [6, 6.07) is 12.7. The maximum Gasteiger partial charge on any atom is 0.159 e. The van der Waals surface area contributed by atoms with E-state index in [1.54, 1.807) is 0 Å². The quantitative estimate of drug-likeness (QED) is 0.421. The van der Waals surface area contributed by atoms with Crippen molar-refractivity contribution in [3.8, 4) is 11.4 Å². The van der Waals surface area contributed by atoms with Crippen molar-refractivity contribution < 1.29 is 0 Å². The minimum absolute atomic E-state index is 0.351. The van der Waals surface area contributed by atoms with Crippen molar-refractivity contribution in [2.45, 2.75) is 13.0 Å². The van der Waals surface area contributed by atoms with Crippen molar-refractivity contribution >= 4 is 38.5 Å². The fourth-order valence-electron chi connectivity index (χ4n) is 4.32. The normalized spacial score (nSPS) is 15.8. The SMILES string of the molecule is CNc1ccc(-c2nc3c(N4CCN(C(C)c5cccnc5)CC4)c(Br)cnc3[nH]2)cc1. The molecule has 5 rings (SSSR count). The Morgan fingerprint density at radius 1 is 1.06 bits per heavy atom. The topological polar surface area (TPSA) is 73.0 Å². The van der Waals surface area contributed by atoms with Gasteiger partial charge in [0.15, 0.2) is 5.65 Å². The number of anilines is 2. The molecule has 32 heavy (non-hydrogen) atoms. The Morgan fingerprint density at radius 3 is 2.53 bits per heavy atom. The predicted octanol–water partition coefficient (Wildman–Crippen LogP) is 4.71.